The molecule has 0 unspecified atom stereocenters. The highest BCUT2D eigenvalue weighted by atomic mass is 16.5. The van der Waals surface area contributed by atoms with Crippen LogP contribution < -0.4 is 4.74 Å². The van der Waals surface area contributed by atoms with Gasteiger partial charge in [-0.25, -0.2) is 4.79 Å². The van der Waals surface area contributed by atoms with Crippen molar-refractivity contribution in [2.75, 3.05) is 0 Å². The van der Waals surface area contributed by atoms with Crippen molar-refractivity contribution in [1.29, 1.82) is 0 Å². The van der Waals surface area contributed by atoms with E-state index in [9.17, 15) is 4.79 Å². The molecule has 1 aromatic rings. The van der Waals surface area contributed by atoms with Gasteiger partial charge in [0.05, 0.1) is 5.56 Å². The van der Waals surface area contributed by atoms with Gasteiger partial charge in [0.2, 0.25) is 0 Å². The zero-order valence-corrected chi connectivity index (χ0v) is 8.65. The highest BCUT2D eigenvalue weighted by molar-refractivity contribution is 5.93. The smallest absolute Gasteiger partial charge is 0.336 e. The second-order valence-electron chi connectivity index (χ2n) is 4.06. The van der Waals surface area contributed by atoms with E-state index in [2.05, 4.69) is 0 Å². The van der Waals surface area contributed by atoms with Gasteiger partial charge in [-0.15, -0.1) is 0 Å². The number of fused-ring (bicyclic) bond motifs is 1. The molecule has 0 radical (unpaired) electrons. The molecular weight excluding hydrogens is 192 g/mol. The van der Waals surface area contributed by atoms with Crippen molar-refractivity contribution in [1.82, 2.24) is 0 Å². The Balaban J connectivity index is 2.56. The molecule has 78 valence electrons. The molecule has 1 aromatic carbocycles. The van der Waals surface area contributed by atoms with E-state index in [1.54, 1.807) is 18.2 Å². The standard InChI is InChI=1S/C12H12O3/c1-12(2)7-6-8-9(11(13)14)4-3-5-10(8)15-12/h3-7H,1-2H3,(H,13,14). The number of carbonyl (C=O) groups is 1. The van der Waals surface area contributed by atoms with Crippen LogP contribution in [-0.4, -0.2) is 16.7 Å². The Morgan fingerprint density at radius 2 is 2.13 bits per heavy atom. The fourth-order valence-electron chi connectivity index (χ4n) is 1.59. The van der Waals surface area contributed by atoms with Crippen molar-refractivity contribution in [3.8, 4) is 5.75 Å². The third-order valence-corrected chi connectivity index (χ3v) is 2.32. The van der Waals surface area contributed by atoms with Crippen molar-refractivity contribution in [3.63, 3.8) is 0 Å². The Kier molecular flexibility index (Phi) is 2.03. The normalized spacial score (nSPS) is 16.7. The van der Waals surface area contributed by atoms with Crippen molar-refractivity contribution in [2.24, 2.45) is 0 Å². The van der Waals surface area contributed by atoms with Crippen LogP contribution in [0.25, 0.3) is 6.08 Å². The predicted molar refractivity (Wildman–Crippen MR) is 57.1 cm³/mol. The Bertz CT molecular complexity index is 444. The van der Waals surface area contributed by atoms with Crippen LogP contribution in [0, 0.1) is 0 Å². The van der Waals surface area contributed by atoms with E-state index in [0.29, 0.717) is 11.3 Å². The Hall–Kier alpha value is -1.77. The Morgan fingerprint density at radius 1 is 1.40 bits per heavy atom. The van der Waals surface area contributed by atoms with Gasteiger partial charge in [-0.3, -0.25) is 0 Å². The maximum absolute atomic E-state index is 10.9. The highest BCUT2D eigenvalue weighted by Gasteiger charge is 2.24. The summed E-state index contributed by atoms with van der Waals surface area (Å²) < 4.78 is 5.66. The van der Waals surface area contributed by atoms with Crippen LogP contribution in [0.5, 0.6) is 5.75 Å². The van der Waals surface area contributed by atoms with Gasteiger partial charge in [0.25, 0.3) is 0 Å². The first-order valence-corrected chi connectivity index (χ1v) is 4.74. The van der Waals surface area contributed by atoms with Crippen LogP contribution >= 0.6 is 0 Å². The number of ether oxygens (including phenoxy) is 1. The van der Waals surface area contributed by atoms with Crippen LogP contribution in [0.4, 0.5) is 0 Å². The third-order valence-electron chi connectivity index (χ3n) is 2.32. The Labute approximate surface area is 88.0 Å². The molecule has 0 bridgehead atoms. The van der Waals surface area contributed by atoms with Crippen LogP contribution in [-0.2, 0) is 0 Å². The van der Waals surface area contributed by atoms with Gasteiger partial charge in [-0.2, -0.15) is 0 Å². The summed E-state index contributed by atoms with van der Waals surface area (Å²) in [6.45, 7) is 3.86. The molecule has 0 saturated heterocycles. The van der Waals surface area contributed by atoms with Gasteiger partial charge >= 0.3 is 5.97 Å². The van der Waals surface area contributed by atoms with E-state index in [-0.39, 0.29) is 11.2 Å². The molecule has 1 aliphatic rings. The molecule has 1 heterocycles. The second kappa shape index (κ2) is 3.12. The zero-order valence-electron chi connectivity index (χ0n) is 8.65. The van der Waals surface area contributed by atoms with Gasteiger partial charge < -0.3 is 9.84 Å². The van der Waals surface area contributed by atoms with Gasteiger partial charge in [-0.1, -0.05) is 12.1 Å². The fraction of sp³-hybridized carbons (Fsp3) is 0.250. The maximum atomic E-state index is 10.9. The summed E-state index contributed by atoms with van der Waals surface area (Å²) in [5, 5.41) is 8.98. The molecule has 2 rings (SSSR count). The number of carboxylic acids is 1. The number of hydrogen-bond acceptors (Lipinski definition) is 2. The summed E-state index contributed by atoms with van der Waals surface area (Å²) in [5.74, 6) is -0.304. The van der Waals surface area contributed by atoms with Crippen LogP contribution in [0.15, 0.2) is 24.3 Å². The third kappa shape index (κ3) is 1.73. The number of aromatic carboxylic acids is 1. The fourth-order valence-corrected chi connectivity index (χ4v) is 1.59. The molecule has 0 spiro atoms. The average Bonchev–Trinajstić information content (AvgIpc) is 2.14. The summed E-state index contributed by atoms with van der Waals surface area (Å²) in [6.07, 6.45) is 3.67. The molecule has 3 heteroatoms. The summed E-state index contributed by atoms with van der Waals surface area (Å²) in [4.78, 5) is 10.9. The quantitative estimate of drug-likeness (QED) is 0.764. The molecule has 0 atom stereocenters. The molecule has 0 aromatic heterocycles. The summed E-state index contributed by atoms with van der Waals surface area (Å²) in [7, 11) is 0. The number of rotatable bonds is 1. The van der Waals surface area contributed by atoms with E-state index in [0.717, 1.165) is 0 Å². The van der Waals surface area contributed by atoms with Crippen LogP contribution in [0.1, 0.15) is 29.8 Å². The molecule has 0 fully saturated rings. The summed E-state index contributed by atoms with van der Waals surface area (Å²) in [5.41, 5.74) is 0.549. The van der Waals surface area contributed by atoms with E-state index >= 15 is 0 Å². The largest absolute Gasteiger partial charge is 0.483 e. The summed E-state index contributed by atoms with van der Waals surface area (Å²) >= 11 is 0. The molecule has 1 N–H and O–H groups in total. The average molecular weight is 204 g/mol. The summed E-state index contributed by atoms with van der Waals surface area (Å²) in [6, 6.07) is 5.05. The lowest BCUT2D eigenvalue weighted by Crippen LogP contribution is -2.28. The van der Waals surface area contributed by atoms with E-state index in [1.165, 1.54) is 0 Å². The molecule has 0 amide bonds. The van der Waals surface area contributed by atoms with Crippen LogP contribution in [0.3, 0.4) is 0 Å². The minimum atomic E-state index is -0.931. The molecule has 3 nitrogen and oxygen atoms in total. The molecule has 0 saturated carbocycles. The van der Waals surface area contributed by atoms with Gasteiger partial charge in [0.15, 0.2) is 0 Å². The Morgan fingerprint density at radius 3 is 2.80 bits per heavy atom. The molecule has 0 aliphatic carbocycles. The molecule has 1 aliphatic heterocycles. The van der Waals surface area contributed by atoms with Gasteiger partial charge in [-0.05, 0) is 32.1 Å². The minimum Gasteiger partial charge on any atom is -0.483 e. The van der Waals surface area contributed by atoms with Crippen molar-refractivity contribution >= 4 is 12.0 Å². The van der Waals surface area contributed by atoms with Crippen molar-refractivity contribution < 1.29 is 14.6 Å². The highest BCUT2D eigenvalue weighted by Crippen LogP contribution is 2.32. The lowest BCUT2D eigenvalue weighted by molar-refractivity contribution is 0.0694. The van der Waals surface area contributed by atoms with Crippen molar-refractivity contribution in [2.45, 2.75) is 19.4 Å². The van der Waals surface area contributed by atoms with E-state index in [4.69, 9.17) is 9.84 Å². The first-order valence-electron chi connectivity index (χ1n) is 4.74. The number of carboxylic acid groups (broad SMARTS) is 1. The van der Waals surface area contributed by atoms with Crippen molar-refractivity contribution in [3.05, 3.63) is 35.4 Å². The predicted octanol–water partition coefficient (Wildman–Crippen LogP) is 2.57. The van der Waals surface area contributed by atoms with E-state index in [1.807, 2.05) is 26.0 Å². The zero-order chi connectivity index (χ0) is 11.1. The van der Waals surface area contributed by atoms with Crippen LogP contribution in [0.2, 0.25) is 0 Å². The van der Waals surface area contributed by atoms with Gasteiger partial charge in [0.1, 0.15) is 11.4 Å². The number of hydrogen-bond donors (Lipinski definition) is 1. The lowest BCUT2D eigenvalue weighted by atomic mass is 9.99. The monoisotopic (exact) mass is 204 g/mol. The first-order chi connectivity index (χ1) is 6.99. The van der Waals surface area contributed by atoms with Gasteiger partial charge in [0, 0.05) is 5.56 Å². The SMILES string of the molecule is CC1(C)C=Cc2c(cccc2C(=O)O)O1. The first kappa shape index (κ1) is 9.77. The molecular formula is C12H12O3. The topological polar surface area (TPSA) is 46.5 Å². The number of benzene rings is 1. The minimum absolute atomic E-state index is 0.277. The second-order valence-corrected chi connectivity index (χ2v) is 4.06. The lowest BCUT2D eigenvalue weighted by Gasteiger charge is -2.28. The van der Waals surface area contributed by atoms with E-state index < -0.39 is 5.97 Å². The molecule has 15 heavy (non-hydrogen) atoms. The maximum Gasteiger partial charge on any atom is 0.336 e.